The van der Waals surface area contributed by atoms with Crippen LogP contribution in [0.3, 0.4) is 0 Å². The number of rotatable bonds is 5. The molecular formula is C15H27IN6O. The topological polar surface area (TPSA) is 67.6 Å². The lowest BCUT2D eigenvalue weighted by Gasteiger charge is -2.24. The number of nitrogens with one attached hydrogen (secondary N) is 1. The Morgan fingerprint density at radius 2 is 2.17 bits per heavy atom. The summed E-state index contributed by atoms with van der Waals surface area (Å²) in [5.41, 5.74) is 0. The van der Waals surface area contributed by atoms with Crippen molar-refractivity contribution in [1.29, 1.82) is 0 Å². The Bertz CT molecular complexity index is 536. The van der Waals surface area contributed by atoms with Gasteiger partial charge in [0.05, 0.1) is 6.61 Å². The van der Waals surface area contributed by atoms with Crippen LogP contribution in [0.4, 0.5) is 0 Å². The molecule has 0 aromatic carbocycles. The van der Waals surface area contributed by atoms with E-state index in [0.29, 0.717) is 18.5 Å². The van der Waals surface area contributed by atoms with Crippen molar-refractivity contribution in [1.82, 2.24) is 25.0 Å². The van der Waals surface area contributed by atoms with E-state index in [0.717, 1.165) is 43.8 Å². The lowest BCUT2D eigenvalue weighted by Crippen LogP contribution is -2.42. The van der Waals surface area contributed by atoms with E-state index in [-0.39, 0.29) is 24.0 Å². The number of ether oxygens (including phenoxy) is 1. The number of guanidine groups is 1. The van der Waals surface area contributed by atoms with Crippen molar-refractivity contribution >= 4 is 29.9 Å². The second-order valence-electron chi connectivity index (χ2n) is 6.39. The molecule has 1 aromatic rings. The predicted molar refractivity (Wildman–Crippen MR) is 100 cm³/mol. The summed E-state index contributed by atoms with van der Waals surface area (Å²) >= 11 is 0. The molecule has 2 fully saturated rings. The van der Waals surface area contributed by atoms with Crippen LogP contribution in [-0.4, -0.2) is 58.5 Å². The Balaban J connectivity index is 0.00000192. The van der Waals surface area contributed by atoms with Crippen LogP contribution < -0.4 is 5.32 Å². The summed E-state index contributed by atoms with van der Waals surface area (Å²) in [6, 6.07) is 0.585. The lowest BCUT2D eigenvalue weighted by molar-refractivity contribution is 0.181. The fraction of sp³-hybridized carbons (Fsp3) is 0.800. The number of hydrogen-bond acceptors (Lipinski definition) is 4. The normalized spacial score (nSPS) is 21.2. The third-order valence-electron chi connectivity index (χ3n) is 4.38. The molecule has 0 bridgehead atoms. The third-order valence-corrected chi connectivity index (χ3v) is 4.38. The van der Waals surface area contributed by atoms with Crippen molar-refractivity contribution < 1.29 is 4.74 Å². The Labute approximate surface area is 154 Å². The Kier molecular flexibility index (Phi) is 6.63. The predicted octanol–water partition coefficient (Wildman–Crippen LogP) is 1.32. The molecule has 1 atom stereocenters. The van der Waals surface area contributed by atoms with Crippen molar-refractivity contribution in [2.75, 3.05) is 26.8 Å². The summed E-state index contributed by atoms with van der Waals surface area (Å²) in [5.74, 6) is 3.38. The fourth-order valence-corrected chi connectivity index (χ4v) is 2.62. The number of aromatic nitrogens is 3. The van der Waals surface area contributed by atoms with E-state index >= 15 is 0 Å². The highest BCUT2D eigenvalue weighted by atomic mass is 127. The minimum Gasteiger partial charge on any atom is -0.381 e. The number of aryl methyl sites for hydroxylation is 1. The average Bonchev–Trinajstić information content (AvgIpc) is 3.08. The molecule has 23 heavy (non-hydrogen) atoms. The molecule has 1 unspecified atom stereocenters. The van der Waals surface area contributed by atoms with E-state index in [1.807, 2.05) is 18.5 Å². The van der Waals surface area contributed by atoms with Crippen molar-refractivity contribution in [3.8, 4) is 0 Å². The molecule has 2 heterocycles. The van der Waals surface area contributed by atoms with Gasteiger partial charge in [-0.1, -0.05) is 0 Å². The summed E-state index contributed by atoms with van der Waals surface area (Å²) in [6.45, 7) is 5.24. The Hall–Kier alpha value is -0.900. The Morgan fingerprint density at radius 3 is 2.74 bits per heavy atom. The highest BCUT2D eigenvalue weighted by Crippen LogP contribution is 2.20. The first-order valence-corrected chi connectivity index (χ1v) is 8.08. The fourth-order valence-electron chi connectivity index (χ4n) is 2.62. The summed E-state index contributed by atoms with van der Waals surface area (Å²) in [5, 5.41) is 11.8. The van der Waals surface area contributed by atoms with E-state index in [4.69, 9.17) is 9.73 Å². The van der Waals surface area contributed by atoms with Gasteiger partial charge < -0.3 is 19.5 Å². The third kappa shape index (κ3) is 5.03. The van der Waals surface area contributed by atoms with Gasteiger partial charge in [0.25, 0.3) is 0 Å². The van der Waals surface area contributed by atoms with Gasteiger partial charge in [-0.3, -0.25) is 0 Å². The van der Waals surface area contributed by atoms with Crippen molar-refractivity contribution in [2.45, 2.75) is 38.8 Å². The van der Waals surface area contributed by atoms with Crippen LogP contribution in [-0.2, 0) is 18.3 Å². The van der Waals surface area contributed by atoms with Gasteiger partial charge in [0, 0.05) is 39.2 Å². The largest absolute Gasteiger partial charge is 0.381 e. The molecule has 0 amide bonds. The first-order valence-electron chi connectivity index (χ1n) is 8.08. The van der Waals surface area contributed by atoms with Gasteiger partial charge in [-0.25, -0.2) is 4.99 Å². The minimum atomic E-state index is 0. The molecule has 130 valence electrons. The number of aliphatic imine (C=N–C) groups is 1. The monoisotopic (exact) mass is 434 g/mol. The second kappa shape index (κ2) is 8.27. The van der Waals surface area contributed by atoms with Crippen molar-refractivity contribution in [3.05, 3.63) is 11.6 Å². The van der Waals surface area contributed by atoms with Gasteiger partial charge in [-0.05, 0) is 26.2 Å². The molecule has 1 saturated heterocycles. The van der Waals surface area contributed by atoms with Crippen molar-refractivity contribution in [2.24, 2.45) is 18.0 Å². The van der Waals surface area contributed by atoms with Gasteiger partial charge in [0.15, 0.2) is 11.8 Å². The van der Waals surface area contributed by atoms with Crippen LogP contribution in [0.15, 0.2) is 4.99 Å². The molecule has 1 aromatic heterocycles. The molecule has 0 spiro atoms. The molecule has 3 rings (SSSR count). The standard InChI is InChI=1S/C15H26N6O.HI/c1-11-18-19-14(21(11)3)8-16-15(17-13-4-5-13)20(2)9-12-6-7-22-10-12;/h12-13H,4-10H2,1-3H3,(H,16,17);1H. The first-order chi connectivity index (χ1) is 10.6. The van der Waals surface area contributed by atoms with E-state index in [9.17, 15) is 0 Å². The smallest absolute Gasteiger partial charge is 0.194 e. The maximum Gasteiger partial charge on any atom is 0.194 e. The van der Waals surface area contributed by atoms with Crippen molar-refractivity contribution in [3.63, 3.8) is 0 Å². The quantitative estimate of drug-likeness (QED) is 0.430. The summed E-state index contributed by atoms with van der Waals surface area (Å²) in [4.78, 5) is 6.98. The van der Waals surface area contributed by atoms with Gasteiger partial charge in [0.1, 0.15) is 12.4 Å². The highest BCUT2D eigenvalue weighted by molar-refractivity contribution is 14.0. The molecule has 1 aliphatic carbocycles. The zero-order valence-electron chi connectivity index (χ0n) is 14.2. The number of nitrogens with zero attached hydrogens (tertiary/aromatic N) is 5. The zero-order valence-corrected chi connectivity index (χ0v) is 16.5. The van der Waals surface area contributed by atoms with E-state index < -0.39 is 0 Å². The second-order valence-corrected chi connectivity index (χ2v) is 6.39. The molecule has 1 aliphatic heterocycles. The summed E-state index contributed by atoms with van der Waals surface area (Å²) in [6.07, 6.45) is 3.62. The van der Waals surface area contributed by atoms with Crippen LogP contribution in [0.5, 0.6) is 0 Å². The molecule has 8 heteroatoms. The Morgan fingerprint density at radius 1 is 1.39 bits per heavy atom. The average molecular weight is 434 g/mol. The maximum atomic E-state index is 5.47. The molecule has 2 aliphatic rings. The number of hydrogen-bond donors (Lipinski definition) is 1. The van der Waals surface area contributed by atoms with Crippen LogP contribution in [0, 0.1) is 12.8 Å². The zero-order chi connectivity index (χ0) is 15.5. The molecule has 1 saturated carbocycles. The molecular weight excluding hydrogens is 407 g/mol. The molecule has 7 nitrogen and oxygen atoms in total. The van der Waals surface area contributed by atoms with E-state index in [1.165, 1.54) is 12.8 Å². The van der Waals surface area contributed by atoms with Crippen LogP contribution in [0.1, 0.15) is 30.9 Å². The minimum absolute atomic E-state index is 0. The molecule has 1 N–H and O–H groups in total. The molecule has 0 radical (unpaired) electrons. The van der Waals surface area contributed by atoms with Gasteiger partial charge >= 0.3 is 0 Å². The van der Waals surface area contributed by atoms with Crippen LogP contribution >= 0.6 is 24.0 Å². The van der Waals surface area contributed by atoms with Crippen LogP contribution in [0.2, 0.25) is 0 Å². The summed E-state index contributed by atoms with van der Waals surface area (Å²) in [7, 11) is 4.09. The van der Waals surface area contributed by atoms with Crippen LogP contribution in [0.25, 0.3) is 0 Å². The SMILES string of the molecule is Cc1nnc(CN=C(NC2CC2)N(C)CC2CCOC2)n1C.I. The first kappa shape index (κ1) is 18.4. The van der Waals surface area contributed by atoms with E-state index in [1.54, 1.807) is 0 Å². The van der Waals surface area contributed by atoms with Gasteiger partial charge in [-0.15, -0.1) is 34.2 Å². The highest BCUT2D eigenvalue weighted by Gasteiger charge is 2.25. The van der Waals surface area contributed by atoms with Gasteiger partial charge in [-0.2, -0.15) is 0 Å². The van der Waals surface area contributed by atoms with Gasteiger partial charge in [0.2, 0.25) is 0 Å². The summed E-state index contributed by atoms with van der Waals surface area (Å²) < 4.78 is 7.46. The lowest BCUT2D eigenvalue weighted by atomic mass is 10.1. The maximum absolute atomic E-state index is 5.47. The number of halogens is 1. The van der Waals surface area contributed by atoms with E-state index in [2.05, 4.69) is 27.5 Å².